The highest BCUT2D eigenvalue weighted by Crippen LogP contribution is 2.39. The van der Waals surface area contributed by atoms with Crippen LogP contribution < -0.4 is 9.47 Å². The number of likely N-dealkylation sites (tertiary alicyclic amines) is 1. The fraction of sp³-hybridized carbons (Fsp3) is 0.462. The smallest absolute Gasteiger partial charge is 0.257 e. The molecule has 6 nitrogen and oxygen atoms in total. The van der Waals surface area contributed by atoms with Gasteiger partial charge >= 0.3 is 0 Å². The van der Waals surface area contributed by atoms with Gasteiger partial charge < -0.3 is 9.47 Å². The Balaban J connectivity index is 1.69. The van der Waals surface area contributed by atoms with E-state index in [4.69, 9.17) is 14.6 Å². The topological polar surface area (TPSA) is 54.4 Å². The number of hydrogen-bond donors (Lipinski definition) is 0. The summed E-state index contributed by atoms with van der Waals surface area (Å²) in [6, 6.07) is 11.9. The molecule has 4 rings (SSSR count). The zero-order chi connectivity index (χ0) is 22.7. The van der Waals surface area contributed by atoms with Crippen molar-refractivity contribution in [3.63, 3.8) is 0 Å². The van der Waals surface area contributed by atoms with E-state index in [9.17, 15) is 4.79 Å². The monoisotopic (exact) mass is 435 g/mol. The number of piperidine rings is 1. The molecule has 0 saturated carbocycles. The predicted molar refractivity (Wildman–Crippen MR) is 126 cm³/mol. The summed E-state index contributed by atoms with van der Waals surface area (Å²) in [5.41, 5.74) is 5.37. The maximum Gasteiger partial charge on any atom is 0.257 e. The van der Waals surface area contributed by atoms with Crippen molar-refractivity contribution in [2.45, 2.75) is 45.6 Å². The van der Waals surface area contributed by atoms with Gasteiger partial charge in [-0.1, -0.05) is 18.6 Å². The van der Waals surface area contributed by atoms with E-state index >= 15 is 0 Å². The summed E-state index contributed by atoms with van der Waals surface area (Å²) in [4.78, 5) is 15.7. The van der Waals surface area contributed by atoms with Gasteiger partial charge in [-0.2, -0.15) is 5.10 Å². The fourth-order valence-electron chi connectivity index (χ4n) is 4.56. The van der Waals surface area contributed by atoms with Gasteiger partial charge in [0.2, 0.25) is 0 Å². The summed E-state index contributed by atoms with van der Waals surface area (Å²) < 4.78 is 11.1. The van der Waals surface area contributed by atoms with Crippen LogP contribution >= 0.6 is 0 Å². The molecule has 170 valence electrons. The molecule has 2 heterocycles. The van der Waals surface area contributed by atoms with Crippen molar-refractivity contribution in [2.75, 3.05) is 33.9 Å². The Hall–Kier alpha value is -2.86. The molecule has 0 spiro atoms. The number of aryl methyl sites for hydroxylation is 2. The van der Waals surface area contributed by atoms with Gasteiger partial charge in [0.15, 0.2) is 0 Å². The van der Waals surface area contributed by atoms with E-state index in [0.717, 1.165) is 54.3 Å². The van der Waals surface area contributed by atoms with Crippen molar-refractivity contribution in [3.05, 3.63) is 58.7 Å². The van der Waals surface area contributed by atoms with Gasteiger partial charge in [-0.15, -0.1) is 0 Å². The summed E-state index contributed by atoms with van der Waals surface area (Å²) >= 11 is 0. The zero-order valence-corrected chi connectivity index (χ0v) is 19.6. The second-order valence-electron chi connectivity index (χ2n) is 8.75. The minimum absolute atomic E-state index is 0.0283. The minimum atomic E-state index is -0.228. The number of nitrogens with zero attached hydrogens (tertiary/aromatic N) is 3. The molecule has 1 atom stereocenters. The van der Waals surface area contributed by atoms with E-state index in [0.29, 0.717) is 13.0 Å². The Bertz CT molecular complexity index is 1010. The minimum Gasteiger partial charge on any atom is -0.497 e. The molecule has 1 saturated heterocycles. The number of rotatable bonds is 6. The molecular formula is C26H33N3O3. The van der Waals surface area contributed by atoms with Crippen LogP contribution in [0.25, 0.3) is 0 Å². The van der Waals surface area contributed by atoms with Crippen molar-refractivity contribution in [1.82, 2.24) is 9.91 Å². The van der Waals surface area contributed by atoms with E-state index in [1.54, 1.807) is 19.2 Å². The van der Waals surface area contributed by atoms with Gasteiger partial charge in [0.1, 0.15) is 11.5 Å². The van der Waals surface area contributed by atoms with Crippen LogP contribution in [0.4, 0.5) is 0 Å². The third-order valence-electron chi connectivity index (χ3n) is 6.61. The molecule has 1 amide bonds. The second kappa shape index (κ2) is 9.74. The Morgan fingerprint density at radius 3 is 2.47 bits per heavy atom. The maximum atomic E-state index is 13.5. The number of carbonyl (C=O) groups is 1. The van der Waals surface area contributed by atoms with Crippen molar-refractivity contribution in [1.29, 1.82) is 0 Å². The molecule has 2 aromatic rings. The van der Waals surface area contributed by atoms with E-state index in [2.05, 4.69) is 36.9 Å². The summed E-state index contributed by atoms with van der Waals surface area (Å²) in [6.07, 6.45) is 4.18. The molecule has 0 bridgehead atoms. The molecular weight excluding hydrogens is 402 g/mol. The lowest BCUT2D eigenvalue weighted by Crippen LogP contribution is -2.40. The molecule has 0 radical (unpaired) electrons. The van der Waals surface area contributed by atoms with Gasteiger partial charge in [-0.25, -0.2) is 5.01 Å². The Kier molecular flexibility index (Phi) is 6.80. The number of amides is 1. The van der Waals surface area contributed by atoms with Crippen LogP contribution in [0.2, 0.25) is 0 Å². The Labute approximate surface area is 190 Å². The third kappa shape index (κ3) is 4.65. The molecule has 2 aromatic carbocycles. The first-order valence-corrected chi connectivity index (χ1v) is 11.4. The van der Waals surface area contributed by atoms with Gasteiger partial charge in [0.05, 0.1) is 32.5 Å². The van der Waals surface area contributed by atoms with Gasteiger partial charge in [-0.05, 0) is 80.7 Å². The summed E-state index contributed by atoms with van der Waals surface area (Å²) in [6.45, 7) is 6.55. The first kappa shape index (κ1) is 22.3. The molecule has 0 aromatic heterocycles. The number of ether oxygens (including phenoxy) is 2. The Morgan fingerprint density at radius 1 is 1.00 bits per heavy atom. The molecule has 1 fully saturated rings. The van der Waals surface area contributed by atoms with E-state index in [1.807, 2.05) is 18.2 Å². The summed E-state index contributed by atoms with van der Waals surface area (Å²) in [5.74, 6) is 1.51. The number of benzene rings is 2. The molecule has 0 unspecified atom stereocenters. The van der Waals surface area contributed by atoms with Gasteiger partial charge in [0, 0.05) is 12.0 Å². The third-order valence-corrected chi connectivity index (χ3v) is 6.61. The molecule has 0 aliphatic carbocycles. The first-order chi connectivity index (χ1) is 15.5. The van der Waals surface area contributed by atoms with Crippen LogP contribution in [0.3, 0.4) is 0 Å². The highest BCUT2D eigenvalue weighted by molar-refractivity contribution is 6.03. The second-order valence-corrected chi connectivity index (χ2v) is 8.75. The summed E-state index contributed by atoms with van der Waals surface area (Å²) in [7, 11) is 3.31. The fourth-order valence-corrected chi connectivity index (χ4v) is 4.56. The van der Waals surface area contributed by atoms with Gasteiger partial charge in [-0.3, -0.25) is 9.69 Å². The lowest BCUT2D eigenvalue weighted by molar-refractivity contribution is -0.134. The highest BCUT2D eigenvalue weighted by atomic mass is 16.5. The standard InChI is InChI=1S/C26H33N3O3/c1-18-8-9-20(14-19(18)2)23-16-24(22-15-21(31-3)10-11-25(22)32-4)29(27-23)26(30)17-28-12-6-5-7-13-28/h8-11,14-15,24H,5-7,12-13,16-17H2,1-4H3/t24-/m0/s1. The van der Waals surface area contributed by atoms with Crippen molar-refractivity contribution in [3.8, 4) is 11.5 Å². The number of hydrazone groups is 1. The van der Waals surface area contributed by atoms with E-state index < -0.39 is 0 Å². The zero-order valence-electron chi connectivity index (χ0n) is 19.6. The normalized spacial score (nSPS) is 19.1. The molecule has 6 heteroatoms. The SMILES string of the molecule is COc1ccc(OC)c([C@@H]2CC(c3ccc(C)c(C)c3)=NN2C(=O)CN2CCCCC2)c1. The largest absolute Gasteiger partial charge is 0.497 e. The van der Waals surface area contributed by atoms with Crippen LogP contribution in [0.5, 0.6) is 11.5 Å². The lowest BCUT2D eigenvalue weighted by Gasteiger charge is -2.29. The van der Waals surface area contributed by atoms with Crippen LogP contribution in [0.15, 0.2) is 41.5 Å². The van der Waals surface area contributed by atoms with Crippen LogP contribution in [0.1, 0.15) is 54.0 Å². The van der Waals surface area contributed by atoms with Crippen LogP contribution in [0, 0.1) is 13.8 Å². The first-order valence-electron chi connectivity index (χ1n) is 11.4. The van der Waals surface area contributed by atoms with Crippen LogP contribution in [-0.2, 0) is 4.79 Å². The van der Waals surface area contributed by atoms with Gasteiger partial charge in [0.25, 0.3) is 5.91 Å². The van der Waals surface area contributed by atoms with Crippen LogP contribution in [-0.4, -0.2) is 55.4 Å². The lowest BCUT2D eigenvalue weighted by atomic mass is 9.95. The van der Waals surface area contributed by atoms with Crippen molar-refractivity contribution < 1.29 is 14.3 Å². The molecule has 0 N–H and O–H groups in total. The van der Waals surface area contributed by atoms with Crippen molar-refractivity contribution >= 4 is 11.6 Å². The number of hydrogen-bond acceptors (Lipinski definition) is 5. The molecule has 2 aliphatic heterocycles. The molecule has 32 heavy (non-hydrogen) atoms. The number of methoxy groups -OCH3 is 2. The Morgan fingerprint density at radius 2 is 1.78 bits per heavy atom. The average Bonchev–Trinajstić information content (AvgIpc) is 3.26. The summed E-state index contributed by atoms with van der Waals surface area (Å²) in [5, 5.41) is 6.54. The number of carbonyl (C=O) groups excluding carboxylic acids is 1. The quantitative estimate of drug-likeness (QED) is 0.671. The average molecular weight is 436 g/mol. The highest BCUT2D eigenvalue weighted by Gasteiger charge is 2.35. The van der Waals surface area contributed by atoms with E-state index in [1.165, 1.54) is 17.5 Å². The maximum absolute atomic E-state index is 13.5. The van der Waals surface area contributed by atoms with E-state index in [-0.39, 0.29) is 11.9 Å². The molecule has 2 aliphatic rings. The predicted octanol–water partition coefficient (Wildman–Crippen LogP) is 4.48. The van der Waals surface area contributed by atoms with Crippen molar-refractivity contribution in [2.24, 2.45) is 5.10 Å².